The van der Waals surface area contributed by atoms with E-state index < -0.39 is 0 Å². The first-order valence-electron chi connectivity index (χ1n) is 5.39. The molecule has 0 saturated carbocycles. The lowest BCUT2D eigenvalue weighted by molar-refractivity contribution is 0.874. The van der Waals surface area contributed by atoms with Gasteiger partial charge < -0.3 is 5.73 Å². The summed E-state index contributed by atoms with van der Waals surface area (Å²) in [5.41, 5.74) is 8.96. The molecule has 0 fully saturated rings. The van der Waals surface area contributed by atoms with Crippen molar-refractivity contribution < 1.29 is 0 Å². The number of hydrogen-bond donors (Lipinski definition) is 2. The molecule has 0 spiro atoms. The average molecular weight is 216 g/mol. The highest BCUT2D eigenvalue weighted by Gasteiger charge is 2.08. The number of aromatic nitrogens is 3. The van der Waals surface area contributed by atoms with Gasteiger partial charge >= 0.3 is 0 Å². The largest absolute Gasteiger partial charge is 0.330 e. The van der Waals surface area contributed by atoms with Crippen molar-refractivity contribution in [1.29, 1.82) is 0 Å². The number of benzene rings is 1. The van der Waals surface area contributed by atoms with Gasteiger partial charge in [0.25, 0.3) is 0 Å². The molecule has 0 unspecified atom stereocenters. The molecule has 0 aliphatic rings. The van der Waals surface area contributed by atoms with Gasteiger partial charge in [0.05, 0.1) is 0 Å². The first-order chi connectivity index (χ1) is 7.70. The molecular weight excluding hydrogens is 200 g/mol. The van der Waals surface area contributed by atoms with Gasteiger partial charge in [-0.25, -0.2) is 4.98 Å². The minimum Gasteiger partial charge on any atom is -0.330 e. The van der Waals surface area contributed by atoms with Crippen LogP contribution in [-0.4, -0.2) is 21.7 Å². The van der Waals surface area contributed by atoms with Crippen LogP contribution < -0.4 is 5.73 Å². The quantitative estimate of drug-likeness (QED) is 0.818. The van der Waals surface area contributed by atoms with Crippen LogP contribution in [-0.2, 0) is 6.42 Å². The third kappa shape index (κ3) is 2.12. The van der Waals surface area contributed by atoms with Gasteiger partial charge in [0, 0.05) is 12.0 Å². The maximum atomic E-state index is 5.47. The van der Waals surface area contributed by atoms with Crippen LogP contribution in [0.15, 0.2) is 18.2 Å². The Morgan fingerprint density at radius 3 is 2.88 bits per heavy atom. The second kappa shape index (κ2) is 4.45. The fourth-order valence-electron chi connectivity index (χ4n) is 1.64. The Kier molecular flexibility index (Phi) is 3.01. The maximum Gasteiger partial charge on any atom is 0.181 e. The van der Waals surface area contributed by atoms with Crippen molar-refractivity contribution >= 4 is 0 Å². The summed E-state index contributed by atoms with van der Waals surface area (Å²) in [5, 5.41) is 7.13. The second-order valence-corrected chi connectivity index (χ2v) is 3.96. The van der Waals surface area contributed by atoms with Gasteiger partial charge in [0.15, 0.2) is 5.82 Å². The number of aromatic amines is 1. The Bertz CT molecular complexity index is 488. The van der Waals surface area contributed by atoms with Crippen LogP contribution in [0.1, 0.15) is 17.0 Å². The lowest BCUT2D eigenvalue weighted by atomic mass is 10.1. The Morgan fingerprint density at radius 2 is 2.12 bits per heavy atom. The summed E-state index contributed by atoms with van der Waals surface area (Å²) in [7, 11) is 0. The molecule has 16 heavy (non-hydrogen) atoms. The van der Waals surface area contributed by atoms with Gasteiger partial charge in [-0.1, -0.05) is 17.7 Å². The highest BCUT2D eigenvalue weighted by molar-refractivity contribution is 5.60. The van der Waals surface area contributed by atoms with Crippen LogP contribution in [0.25, 0.3) is 11.4 Å². The predicted molar refractivity (Wildman–Crippen MR) is 64.1 cm³/mol. The van der Waals surface area contributed by atoms with Gasteiger partial charge in [-0.3, -0.25) is 5.10 Å². The summed E-state index contributed by atoms with van der Waals surface area (Å²) in [6.45, 7) is 4.71. The van der Waals surface area contributed by atoms with E-state index in [1.807, 2.05) is 0 Å². The monoisotopic (exact) mass is 216 g/mol. The molecule has 2 aromatic rings. The van der Waals surface area contributed by atoms with Gasteiger partial charge in [0.2, 0.25) is 0 Å². The smallest absolute Gasteiger partial charge is 0.181 e. The molecule has 4 nitrogen and oxygen atoms in total. The van der Waals surface area contributed by atoms with E-state index in [-0.39, 0.29) is 0 Å². The summed E-state index contributed by atoms with van der Waals surface area (Å²) in [5.74, 6) is 1.60. The van der Waals surface area contributed by atoms with Gasteiger partial charge in [0.1, 0.15) is 5.82 Å². The zero-order valence-corrected chi connectivity index (χ0v) is 9.62. The van der Waals surface area contributed by atoms with E-state index in [0.29, 0.717) is 6.54 Å². The zero-order chi connectivity index (χ0) is 11.5. The number of nitrogens with zero attached hydrogens (tertiary/aromatic N) is 2. The van der Waals surface area contributed by atoms with Gasteiger partial charge in [-0.05, 0) is 32.0 Å². The first kappa shape index (κ1) is 10.8. The van der Waals surface area contributed by atoms with E-state index in [9.17, 15) is 0 Å². The number of hydrogen-bond acceptors (Lipinski definition) is 3. The highest BCUT2D eigenvalue weighted by Crippen LogP contribution is 2.20. The fourth-order valence-corrected chi connectivity index (χ4v) is 1.64. The fraction of sp³-hybridized carbons (Fsp3) is 0.333. The SMILES string of the molecule is Cc1ccc(C)c(-c2n[nH]c(CCN)n2)c1. The molecule has 84 valence electrons. The van der Waals surface area contributed by atoms with Crippen molar-refractivity contribution in [2.24, 2.45) is 5.73 Å². The van der Waals surface area contributed by atoms with Crippen molar-refractivity contribution in [3.8, 4) is 11.4 Å². The minimum absolute atomic E-state index is 0.585. The van der Waals surface area contributed by atoms with Crippen LogP contribution >= 0.6 is 0 Å². The van der Waals surface area contributed by atoms with E-state index in [4.69, 9.17) is 5.73 Å². The second-order valence-electron chi connectivity index (χ2n) is 3.96. The van der Waals surface area contributed by atoms with Crippen LogP contribution in [0.2, 0.25) is 0 Å². The third-order valence-corrected chi connectivity index (χ3v) is 2.55. The third-order valence-electron chi connectivity index (χ3n) is 2.55. The Balaban J connectivity index is 2.38. The molecule has 1 aromatic carbocycles. The van der Waals surface area contributed by atoms with Crippen molar-refractivity contribution in [1.82, 2.24) is 15.2 Å². The van der Waals surface area contributed by atoms with Gasteiger partial charge in [-0.15, -0.1) is 0 Å². The minimum atomic E-state index is 0.585. The molecule has 0 aliphatic carbocycles. The number of rotatable bonds is 3. The lowest BCUT2D eigenvalue weighted by Crippen LogP contribution is -2.03. The molecule has 4 heteroatoms. The Morgan fingerprint density at radius 1 is 1.31 bits per heavy atom. The molecule has 0 amide bonds. The topological polar surface area (TPSA) is 67.6 Å². The number of H-pyrrole nitrogens is 1. The van der Waals surface area contributed by atoms with Crippen molar-refractivity contribution in [3.63, 3.8) is 0 Å². The normalized spacial score (nSPS) is 10.7. The van der Waals surface area contributed by atoms with E-state index in [1.54, 1.807) is 0 Å². The summed E-state index contributed by atoms with van der Waals surface area (Å²) in [4.78, 5) is 4.43. The van der Waals surface area contributed by atoms with Crippen LogP contribution in [0.5, 0.6) is 0 Å². The number of nitrogens with two attached hydrogens (primary N) is 1. The number of aryl methyl sites for hydroxylation is 2. The Labute approximate surface area is 94.9 Å². The average Bonchev–Trinajstić information content (AvgIpc) is 2.71. The molecule has 1 heterocycles. The number of nitrogens with one attached hydrogen (secondary N) is 1. The van der Waals surface area contributed by atoms with Crippen molar-refractivity contribution in [2.45, 2.75) is 20.3 Å². The predicted octanol–water partition coefficient (Wildman–Crippen LogP) is 1.59. The molecular formula is C12H16N4. The molecule has 0 radical (unpaired) electrons. The summed E-state index contributed by atoms with van der Waals surface area (Å²) in [6.07, 6.45) is 0.734. The van der Waals surface area contributed by atoms with Crippen LogP contribution in [0.4, 0.5) is 0 Å². The summed E-state index contributed by atoms with van der Waals surface area (Å²) in [6, 6.07) is 6.28. The molecule has 0 bridgehead atoms. The standard InChI is InChI=1S/C12H16N4/c1-8-3-4-9(2)10(7-8)12-14-11(5-6-13)15-16-12/h3-4,7H,5-6,13H2,1-2H3,(H,14,15,16). The van der Waals surface area contributed by atoms with Crippen LogP contribution in [0, 0.1) is 13.8 Å². The summed E-state index contributed by atoms with van der Waals surface area (Å²) >= 11 is 0. The summed E-state index contributed by atoms with van der Waals surface area (Å²) < 4.78 is 0. The van der Waals surface area contributed by atoms with Crippen molar-refractivity contribution in [2.75, 3.05) is 6.54 Å². The van der Waals surface area contributed by atoms with Gasteiger partial charge in [-0.2, -0.15) is 5.10 Å². The maximum absolute atomic E-state index is 5.47. The van der Waals surface area contributed by atoms with Crippen LogP contribution in [0.3, 0.4) is 0 Å². The zero-order valence-electron chi connectivity index (χ0n) is 9.62. The van der Waals surface area contributed by atoms with E-state index in [0.717, 1.165) is 23.6 Å². The molecule has 0 atom stereocenters. The van der Waals surface area contributed by atoms with Crippen molar-refractivity contribution in [3.05, 3.63) is 35.2 Å². The van der Waals surface area contributed by atoms with E-state index >= 15 is 0 Å². The molecule has 0 saturated heterocycles. The molecule has 0 aliphatic heterocycles. The molecule has 2 rings (SSSR count). The molecule has 3 N–H and O–H groups in total. The lowest BCUT2D eigenvalue weighted by Gasteiger charge is -2.02. The Hall–Kier alpha value is -1.68. The highest BCUT2D eigenvalue weighted by atomic mass is 15.2. The first-order valence-corrected chi connectivity index (χ1v) is 5.39. The van der Waals surface area contributed by atoms with E-state index in [1.165, 1.54) is 11.1 Å². The van der Waals surface area contributed by atoms with E-state index in [2.05, 4.69) is 47.2 Å². The molecule has 1 aromatic heterocycles.